The van der Waals surface area contributed by atoms with Gasteiger partial charge in [0.1, 0.15) is 5.54 Å². The van der Waals surface area contributed by atoms with Crippen LogP contribution in [0.2, 0.25) is 0 Å². The van der Waals surface area contributed by atoms with Gasteiger partial charge in [0.25, 0.3) is 5.91 Å². The van der Waals surface area contributed by atoms with Crippen molar-refractivity contribution >= 4 is 27.6 Å². The lowest BCUT2D eigenvalue weighted by atomic mass is 9.86. The molecule has 2 fully saturated rings. The fourth-order valence-electron chi connectivity index (χ4n) is 5.08. The highest BCUT2D eigenvalue weighted by atomic mass is 32.2. The second-order valence-electron chi connectivity index (χ2n) is 9.08. The summed E-state index contributed by atoms with van der Waals surface area (Å²) in [5.41, 5.74) is 2.38. The molecule has 0 spiro atoms. The summed E-state index contributed by atoms with van der Waals surface area (Å²) in [5.74, 6) is -0.601. The van der Waals surface area contributed by atoms with Gasteiger partial charge in [-0.3, -0.25) is 14.5 Å². The summed E-state index contributed by atoms with van der Waals surface area (Å²) in [6.45, 7) is 7.01. The van der Waals surface area contributed by atoms with E-state index in [1.54, 1.807) is 13.0 Å². The Labute approximate surface area is 193 Å². The predicted molar refractivity (Wildman–Crippen MR) is 124 cm³/mol. The largest absolute Gasteiger partial charge is 0.344 e. The molecule has 9 heteroatoms. The minimum absolute atomic E-state index is 0.0551. The van der Waals surface area contributed by atoms with Crippen molar-refractivity contribution in [1.82, 2.24) is 14.8 Å². The number of carbonyl (C=O) groups excluding carboxylic acids is 3. The minimum atomic E-state index is -3.08. The highest BCUT2D eigenvalue weighted by molar-refractivity contribution is 7.91. The highest BCUT2D eigenvalue weighted by Gasteiger charge is 2.51. The van der Waals surface area contributed by atoms with Crippen molar-refractivity contribution in [1.29, 1.82) is 0 Å². The molecule has 2 aromatic rings. The van der Waals surface area contributed by atoms with Crippen molar-refractivity contribution in [2.45, 2.75) is 52.1 Å². The molecule has 1 N–H and O–H groups in total. The van der Waals surface area contributed by atoms with E-state index in [0.29, 0.717) is 29.7 Å². The molecule has 2 aliphatic rings. The van der Waals surface area contributed by atoms with Crippen molar-refractivity contribution < 1.29 is 22.8 Å². The Kier molecular flexibility index (Phi) is 5.72. The van der Waals surface area contributed by atoms with Crippen LogP contribution >= 0.6 is 0 Å². The van der Waals surface area contributed by atoms with E-state index in [9.17, 15) is 22.8 Å². The number of Topliss-reactive ketones (excluding diaryl/α,β-unsaturated/α-hetero) is 1. The van der Waals surface area contributed by atoms with Crippen molar-refractivity contribution in [3.05, 3.63) is 58.4 Å². The fraction of sp³-hybridized carbons (Fsp3) is 0.458. The average molecular weight is 472 g/mol. The minimum Gasteiger partial charge on any atom is -0.344 e. The molecule has 3 heterocycles. The van der Waals surface area contributed by atoms with E-state index >= 15 is 0 Å². The van der Waals surface area contributed by atoms with E-state index < -0.39 is 27.3 Å². The van der Waals surface area contributed by atoms with Gasteiger partial charge >= 0.3 is 6.03 Å². The number of urea groups is 1. The SMILES string of the molecule is CC[C@]1(c2ccc(C)cc2)NC(=O)N(CC(=O)c2cc(C)n([C@H]3CCS(=O)(=O)C3)c2C)C1=O. The van der Waals surface area contributed by atoms with E-state index in [2.05, 4.69) is 5.32 Å². The van der Waals surface area contributed by atoms with Crippen LogP contribution in [0.5, 0.6) is 0 Å². The van der Waals surface area contributed by atoms with Gasteiger partial charge in [0.05, 0.1) is 18.1 Å². The number of nitrogens with zero attached hydrogens (tertiary/aromatic N) is 2. The summed E-state index contributed by atoms with van der Waals surface area (Å²) >= 11 is 0. The van der Waals surface area contributed by atoms with E-state index in [-0.39, 0.29) is 29.9 Å². The quantitative estimate of drug-likeness (QED) is 0.515. The first-order valence-electron chi connectivity index (χ1n) is 11.1. The molecule has 33 heavy (non-hydrogen) atoms. The molecule has 0 unspecified atom stereocenters. The van der Waals surface area contributed by atoms with Crippen LogP contribution in [-0.4, -0.2) is 53.7 Å². The van der Waals surface area contributed by atoms with Gasteiger partial charge in [-0.2, -0.15) is 0 Å². The van der Waals surface area contributed by atoms with Crippen LogP contribution < -0.4 is 5.32 Å². The molecule has 8 nitrogen and oxygen atoms in total. The number of ketones is 1. The number of amides is 3. The third kappa shape index (κ3) is 3.88. The Morgan fingerprint density at radius 2 is 1.82 bits per heavy atom. The van der Waals surface area contributed by atoms with Gasteiger partial charge in [0.15, 0.2) is 15.6 Å². The smallest absolute Gasteiger partial charge is 0.325 e. The molecular formula is C24H29N3O5S. The molecule has 0 bridgehead atoms. The van der Waals surface area contributed by atoms with Crippen molar-refractivity contribution in [2.24, 2.45) is 0 Å². The second-order valence-corrected chi connectivity index (χ2v) is 11.3. The molecule has 0 saturated carbocycles. The van der Waals surface area contributed by atoms with E-state index in [1.807, 2.05) is 49.6 Å². The van der Waals surface area contributed by atoms with E-state index in [4.69, 9.17) is 0 Å². The maximum absolute atomic E-state index is 13.4. The number of nitrogens with one attached hydrogen (secondary N) is 1. The molecule has 2 aliphatic heterocycles. The van der Waals surface area contributed by atoms with Gasteiger partial charge in [-0.05, 0) is 45.2 Å². The number of hydrogen-bond acceptors (Lipinski definition) is 5. The van der Waals surface area contributed by atoms with E-state index in [1.165, 1.54) is 0 Å². The monoisotopic (exact) mass is 471 g/mol. The van der Waals surface area contributed by atoms with Gasteiger partial charge in [-0.25, -0.2) is 13.2 Å². The van der Waals surface area contributed by atoms with Gasteiger partial charge < -0.3 is 9.88 Å². The summed E-state index contributed by atoms with van der Waals surface area (Å²) in [6.07, 6.45) is 0.866. The third-order valence-electron chi connectivity index (χ3n) is 6.91. The molecule has 2 atom stereocenters. The molecular weight excluding hydrogens is 442 g/mol. The fourth-order valence-corrected chi connectivity index (χ4v) is 6.78. The van der Waals surface area contributed by atoms with Crippen LogP contribution in [0.3, 0.4) is 0 Å². The Morgan fingerprint density at radius 1 is 1.15 bits per heavy atom. The Bertz CT molecular complexity index is 1250. The summed E-state index contributed by atoms with van der Waals surface area (Å²) < 4.78 is 25.8. The Morgan fingerprint density at radius 3 is 2.39 bits per heavy atom. The number of benzene rings is 1. The molecule has 4 rings (SSSR count). The first-order chi connectivity index (χ1) is 15.5. The molecule has 1 aromatic heterocycles. The van der Waals surface area contributed by atoms with Gasteiger partial charge in [0.2, 0.25) is 0 Å². The van der Waals surface area contributed by atoms with Crippen molar-refractivity contribution in [3.8, 4) is 0 Å². The van der Waals surface area contributed by atoms with Crippen LogP contribution in [0.15, 0.2) is 30.3 Å². The summed E-state index contributed by atoms with van der Waals surface area (Å²) in [7, 11) is -3.08. The molecule has 2 saturated heterocycles. The second kappa shape index (κ2) is 8.13. The number of sulfone groups is 1. The summed E-state index contributed by atoms with van der Waals surface area (Å²) in [6, 6.07) is 8.34. The van der Waals surface area contributed by atoms with Crippen LogP contribution in [0.4, 0.5) is 4.79 Å². The van der Waals surface area contributed by atoms with Crippen LogP contribution in [0.25, 0.3) is 0 Å². The zero-order chi connectivity index (χ0) is 24.1. The Balaban J connectivity index is 1.59. The Hall–Kier alpha value is -2.94. The van der Waals surface area contributed by atoms with Gasteiger partial charge in [-0.1, -0.05) is 36.8 Å². The normalized spacial score (nSPS) is 24.4. The lowest BCUT2D eigenvalue weighted by Gasteiger charge is -2.26. The van der Waals surface area contributed by atoms with Crippen LogP contribution in [-0.2, 0) is 20.2 Å². The lowest BCUT2D eigenvalue weighted by Crippen LogP contribution is -2.43. The molecule has 1 aromatic carbocycles. The number of carbonyl (C=O) groups is 3. The zero-order valence-electron chi connectivity index (χ0n) is 19.3. The molecule has 0 aliphatic carbocycles. The predicted octanol–water partition coefficient (Wildman–Crippen LogP) is 2.81. The first-order valence-corrected chi connectivity index (χ1v) is 12.9. The maximum Gasteiger partial charge on any atom is 0.325 e. The number of imide groups is 1. The molecule has 3 amide bonds. The number of rotatable bonds is 6. The zero-order valence-corrected chi connectivity index (χ0v) is 20.2. The molecule has 176 valence electrons. The van der Waals surface area contributed by atoms with Crippen LogP contribution in [0.1, 0.15) is 58.7 Å². The van der Waals surface area contributed by atoms with Crippen molar-refractivity contribution in [2.75, 3.05) is 18.1 Å². The van der Waals surface area contributed by atoms with Gasteiger partial charge in [0, 0.05) is 23.0 Å². The molecule has 0 radical (unpaired) electrons. The number of aromatic nitrogens is 1. The highest BCUT2D eigenvalue weighted by Crippen LogP contribution is 2.33. The maximum atomic E-state index is 13.4. The lowest BCUT2D eigenvalue weighted by molar-refractivity contribution is -0.131. The first kappa shape index (κ1) is 23.2. The number of aryl methyl sites for hydroxylation is 2. The topological polar surface area (TPSA) is 106 Å². The number of hydrogen-bond donors (Lipinski definition) is 1. The van der Waals surface area contributed by atoms with Crippen molar-refractivity contribution in [3.63, 3.8) is 0 Å². The van der Waals surface area contributed by atoms with Gasteiger partial charge in [-0.15, -0.1) is 0 Å². The summed E-state index contributed by atoms with van der Waals surface area (Å²) in [5, 5.41) is 2.81. The standard InChI is InChI=1S/C24H29N3O5S/c1-5-24(18-8-6-15(2)7-9-18)22(29)26(23(30)25-24)13-21(28)20-12-16(3)27(17(20)4)19-10-11-33(31,32)14-19/h6-9,12,19H,5,10-11,13-14H2,1-4H3,(H,25,30)/t19-,24+/m0/s1. The average Bonchev–Trinajstić information content (AvgIpc) is 3.35. The summed E-state index contributed by atoms with van der Waals surface area (Å²) in [4.78, 5) is 40.3. The van der Waals surface area contributed by atoms with Crippen LogP contribution in [0, 0.1) is 20.8 Å². The third-order valence-corrected chi connectivity index (χ3v) is 8.66. The van der Waals surface area contributed by atoms with E-state index in [0.717, 1.165) is 16.2 Å².